The summed E-state index contributed by atoms with van der Waals surface area (Å²) in [5, 5.41) is 3.12. The number of carbonyl (C=O) groups is 1. The third kappa shape index (κ3) is 4.94. The monoisotopic (exact) mass is 438 g/mol. The first kappa shape index (κ1) is 21.3. The molecule has 0 saturated heterocycles. The summed E-state index contributed by atoms with van der Waals surface area (Å²) in [5.41, 5.74) is 2.50. The van der Waals surface area contributed by atoms with Gasteiger partial charge in [0.2, 0.25) is 10.0 Å². The van der Waals surface area contributed by atoms with Crippen LogP contribution in [0.2, 0.25) is 5.02 Å². The molecule has 0 radical (unpaired) electrons. The summed E-state index contributed by atoms with van der Waals surface area (Å²) in [5.74, 6) is 0.642. The molecule has 0 aliphatic carbocycles. The Morgan fingerprint density at radius 3 is 2.79 bits per heavy atom. The second kappa shape index (κ2) is 8.51. The highest BCUT2D eigenvalue weighted by Crippen LogP contribution is 2.37. The molecule has 156 valence electrons. The van der Waals surface area contributed by atoms with E-state index in [9.17, 15) is 13.2 Å². The Morgan fingerprint density at radius 1 is 1.31 bits per heavy atom. The molecule has 0 saturated carbocycles. The fourth-order valence-corrected chi connectivity index (χ4v) is 4.08. The molecule has 9 heteroatoms. The van der Waals surface area contributed by atoms with Crippen molar-refractivity contribution < 1.29 is 22.7 Å². The van der Waals surface area contributed by atoms with E-state index in [-0.39, 0.29) is 25.4 Å². The molecule has 2 aromatic rings. The zero-order chi connectivity index (χ0) is 21.2. The number of sulfonamides is 1. The third-order valence-electron chi connectivity index (χ3n) is 4.70. The highest BCUT2D eigenvalue weighted by atomic mass is 35.5. The molecule has 2 aromatic carbocycles. The van der Waals surface area contributed by atoms with Gasteiger partial charge in [0, 0.05) is 5.02 Å². The van der Waals surface area contributed by atoms with Gasteiger partial charge in [-0.2, -0.15) is 0 Å². The number of nitrogens with zero attached hydrogens (tertiary/aromatic N) is 1. The lowest BCUT2D eigenvalue weighted by molar-refractivity contribution is -0.127. The van der Waals surface area contributed by atoms with E-state index in [0.717, 1.165) is 27.4 Å². The molecule has 7 nitrogen and oxygen atoms in total. The molecule has 1 aliphatic heterocycles. The molecular formula is C20H23ClN2O5S. The minimum Gasteiger partial charge on any atom is -0.491 e. The van der Waals surface area contributed by atoms with Crippen LogP contribution in [-0.4, -0.2) is 46.4 Å². The number of amides is 1. The van der Waals surface area contributed by atoms with Crippen LogP contribution in [0.5, 0.6) is 11.5 Å². The number of ether oxygens (including phenoxy) is 2. The van der Waals surface area contributed by atoms with E-state index in [1.54, 1.807) is 12.1 Å². The Bertz CT molecular complexity index is 1030. The molecule has 1 amide bonds. The topological polar surface area (TPSA) is 84.9 Å². The summed E-state index contributed by atoms with van der Waals surface area (Å²) in [7, 11) is -3.60. The number of benzene rings is 2. The van der Waals surface area contributed by atoms with Gasteiger partial charge in [-0.1, -0.05) is 23.7 Å². The van der Waals surface area contributed by atoms with E-state index < -0.39 is 22.0 Å². The Hall–Kier alpha value is -2.45. The summed E-state index contributed by atoms with van der Waals surface area (Å²) in [6.07, 6.45) is 0.106. The van der Waals surface area contributed by atoms with Crippen LogP contribution in [0.3, 0.4) is 0 Å². The second-order valence-electron chi connectivity index (χ2n) is 6.85. The third-order valence-corrected chi connectivity index (χ3v) is 6.08. The van der Waals surface area contributed by atoms with Gasteiger partial charge in [0.15, 0.2) is 6.10 Å². The van der Waals surface area contributed by atoms with Crippen molar-refractivity contribution in [1.82, 2.24) is 5.32 Å². The Labute approximate surface area is 175 Å². The van der Waals surface area contributed by atoms with Crippen molar-refractivity contribution in [2.75, 3.05) is 30.3 Å². The lowest BCUT2D eigenvalue weighted by atomic mass is 10.1. The van der Waals surface area contributed by atoms with Gasteiger partial charge < -0.3 is 14.8 Å². The lowest BCUT2D eigenvalue weighted by Crippen LogP contribution is -2.51. The van der Waals surface area contributed by atoms with Crippen LogP contribution in [0.15, 0.2) is 36.4 Å². The fraction of sp³-hybridized carbons (Fsp3) is 0.350. The first-order valence-corrected chi connectivity index (χ1v) is 11.3. The lowest BCUT2D eigenvalue weighted by Gasteiger charge is -2.34. The zero-order valence-electron chi connectivity index (χ0n) is 16.4. The van der Waals surface area contributed by atoms with E-state index in [1.807, 2.05) is 32.0 Å². The van der Waals surface area contributed by atoms with E-state index in [2.05, 4.69) is 5.32 Å². The molecule has 0 fully saturated rings. The highest BCUT2D eigenvalue weighted by molar-refractivity contribution is 7.92. The molecular weight excluding hydrogens is 416 g/mol. The minimum absolute atomic E-state index is 0.129. The summed E-state index contributed by atoms with van der Waals surface area (Å²) in [6.45, 7) is 4.39. The van der Waals surface area contributed by atoms with Crippen LogP contribution in [0.4, 0.5) is 5.69 Å². The first-order chi connectivity index (χ1) is 13.7. The maximum absolute atomic E-state index is 12.5. The standard InChI is InChI=1S/C20H23ClN2O5S/c1-13-5-4-6-17(14(13)2)27-10-9-22-20(24)19-12-23(29(3,25)26)16-11-15(21)7-8-18(16)28-19/h4-8,11,19H,9-10,12H2,1-3H3,(H,22,24)/t19-/m1/s1. The largest absolute Gasteiger partial charge is 0.491 e. The van der Waals surface area contributed by atoms with Crippen molar-refractivity contribution in [3.8, 4) is 11.5 Å². The number of nitrogens with one attached hydrogen (secondary N) is 1. The number of anilines is 1. The van der Waals surface area contributed by atoms with Crippen LogP contribution in [0.1, 0.15) is 11.1 Å². The fourth-order valence-electron chi connectivity index (χ4n) is 3.00. The van der Waals surface area contributed by atoms with Crippen molar-refractivity contribution in [3.63, 3.8) is 0 Å². The van der Waals surface area contributed by atoms with Gasteiger partial charge in [0.05, 0.1) is 25.0 Å². The van der Waals surface area contributed by atoms with E-state index >= 15 is 0 Å². The van der Waals surface area contributed by atoms with Gasteiger partial charge in [0.1, 0.15) is 18.1 Å². The van der Waals surface area contributed by atoms with Crippen molar-refractivity contribution in [2.24, 2.45) is 0 Å². The molecule has 0 aromatic heterocycles. The molecule has 29 heavy (non-hydrogen) atoms. The summed E-state index contributed by atoms with van der Waals surface area (Å²) >= 11 is 5.98. The highest BCUT2D eigenvalue weighted by Gasteiger charge is 2.35. The summed E-state index contributed by atoms with van der Waals surface area (Å²) < 4.78 is 36.9. The number of aryl methyl sites for hydroxylation is 1. The average Bonchev–Trinajstić information content (AvgIpc) is 2.66. The van der Waals surface area contributed by atoms with Crippen molar-refractivity contribution in [3.05, 3.63) is 52.5 Å². The minimum atomic E-state index is -3.60. The maximum atomic E-state index is 12.5. The SMILES string of the molecule is Cc1cccc(OCCNC(=O)[C@H]2CN(S(C)(=O)=O)c3cc(Cl)ccc3O2)c1C. The number of rotatable bonds is 6. The quantitative estimate of drug-likeness (QED) is 0.701. The van der Waals surface area contributed by atoms with Crippen molar-refractivity contribution in [1.29, 1.82) is 0 Å². The van der Waals surface area contributed by atoms with Gasteiger partial charge in [0.25, 0.3) is 5.91 Å². The molecule has 1 atom stereocenters. The van der Waals surface area contributed by atoms with Crippen LogP contribution >= 0.6 is 11.6 Å². The first-order valence-electron chi connectivity index (χ1n) is 9.07. The normalized spacial score (nSPS) is 16.0. The van der Waals surface area contributed by atoms with Gasteiger partial charge in [-0.05, 0) is 49.2 Å². The molecule has 1 N–H and O–H groups in total. The molecule has 3 rings (SSSR count). The number of halogens is 1. The average molecular weight is 439 g/mol. The number of carbonyl (C=O) groups excluding carboxylic acids is 1. The predicted octanol–water partition coefficient (Wildman–Crippen LogP) is 2.68. The predicted molar refractivity (Wildman–Crippen MR) is 112 cm³/mol. The molecule has 1 aliphatic rings. The van der Waals surface area contributed by atoms with Crippen molar-refractivity contribution >= 4 is 33.2 Å². The molecule has 0 unspecified atom stereocenters. The number of hydrogen-bond donors (Lipinski definition) is 1. The summed E-state index contributed by atoms with van der Waals surface area (Å²) in [4.78, 5) is 12.5. The van der Waals surface area contributed by atoms with Crippen LogP contribution in [-0.2, 0) is 14.8 Å². The van der Waals surface area contributed by atoms with Gasteiger partial charge in [-0.15, -0.1) is 0 Å². The van der Waals surface area contributed by atoms with Gasteiger partial charge >= 0.3 is 0 Å². The van der Waals surface area contributed by atoms with Gasteiger partial charge in [-0.3, -0.25) is 9.10 Å². The number of hydrogen-bond acceptors (Lipinski definition) is 5. The van der Waals surface area contributed by atoms with E-state index in [1.165, 1.54) is 6.07 Å². The van der Waals surface area contributed by atoms with E-state index in [0.29, 0.717) is 10.7 Å². The summed E-state index contributed by atoms with van der Waals surface area (Å²) in [6, 6.07) is 10.4. The maximum Gasteiger partial charge on any atom is 0.263 e. The van der Waals surface area contributed by atoms with Gasteiger partial charge in [-0.25, -0.2) is 8.42 Å². The second-order valence-corrected chi connectivity index (χ2v) is 9.19. The van der Waals surface area contributed by atoms with E-state index in [4.69, 9.17) is 21.1 Å². The zero-order valence-corrected chi connectivity index (χ0v) is 18.0. The number of fused-ring (bicyclic) bond motifs is 1. The van der Waals surface area contributed by atoms with Crippen LogP contribution in [0.25, 0.3) is 0 Å². The Balaban J connectivity index is 1.62. The Morgan fingerprint density at radius 2 is 2.07 bits per heavy atom. The Kier molecular flexibility index (Phi) is 6.24. The molecule has 1 heterocycles. The van der Waals surface area contributed by atoms with Crippen molar-refractivity contribution in [2.45, 2.75) is 20.0 Å². The molecule has 0 bridgehead atoms. The molecule has 0 spiro atoms. The van der Waals surface area contributed by atoms with Crippen LogP contribution < -0.4 is 19.1 Å². The smallest absolute Gasteiger partial charge is 0.263 e. The van der Waals surface area contributed by atoms with Crippen LogP contribution in [0, 0.1) is 13.8 Å².